The molecule has 0 radical (unpaired) electrons. The first-order chi connectivity index (χ1) is 14.9. The lowest BCUT2D eigenvalue weighted by Gasteiger charge is -2.25. The summed E-state index contributed by atoms with van der Waals surface area (Å²) in [7, 11) is 0. The number of carboxylic acid groups (broad SMARTS) is 1. The first-order valence-electron chi connectivity index (χ1n) is 10.4. The number of nitrogens with two attached hydrogens (primary N) is 2. The van der Waals surface area contributed by atoms with Gasteiger partial charge in [-0.15, -0.1) is 0 Å². The average Bonchev–Trinajstić information content (AvgIpc) is 2.73. The monoisotopic (exact) mass is 460 g/mol. The molecular formula is C19H36N6O7. The molecular weight excluding hydrogens is 424 g/mol. The molecule has 4 atom stereocenters. The Balaban J connectivity index is 4.88. The first-order valence-corrected chi connectivity index (χ1v) is 10.4. The van der Waals surface area contributed by atoms with Gasteiger partial charge in [-0.3, -0.25) is 24.0 Å². The summed E-state index contributed by atoms with van der Waals surface area (Å²) >= 11 is 0. The quantitative estimate of drug-likeness (QED) is 0.115. The van der Waals surface area contributed by atoms with Crippen molar-refractivity contribution in [2.75, 3.05) is 19.7 Å². The largest absolute Gasteiger partial charge is 0.480 e. The van der Waals surface area contributed by atoms with E-state index >= 15 is 0 Å². The number of hydrogen-bond acceptors (Lipinski definition) is 8. The Labute approximate surface area is 187 Å². The number of amides is 4. The van der Waals surface area contributed by atoms with Gasteiger partial charge in [0.25, 0.3) is 0 Å². The third-order valence-electron chi connectivity index (χ3n) is 4.53. The average molecular weight is 461 g/mol. The first kappa shape index (κ1) is 29.2. The summed E-state index contributed by atoms with van der Waals surface area (Å²) in [6.45, 7) is 3.75. The van der Waals surface area contributed by atoms with Crippen LogP contribution in [0.3, 0.4) is 0 Å². The third kappa shape index (κ3) is 11.0. The molecule has 0 aliphatic heterocycles. The molecule has 10 N–H and O–H groups in total. The van der Waals surface area contributed by atoms with E-state index < -0.39 is 72.8 Å². The molecule has 4 amide bonds. The number of carboxylic acids is 1. The van der Waals surface area contributed by atoms with E-state index in [4.69, 9.17) is 16.6 Å². The van der Waals surface area contributed by atoms with Crippen molar-refractivity contribution >= 4 is 29.6 Å². The SMILES string of the molecule is CC(C)[C@H](NC(=O)[C@H](CO)NC(=O)[C@H](C)NC(=O)[C@@H](N)CCCCN)C(=O)NCC(=O)O. The second-order valence-electron chi connectivity index (χ2n) is 7.71. The van der Waals surface area contributed by atoms with Gasteiger partial charge in [0.2, 0.25) is 23.6 Å². The van der Waals surface area contributed by atoms with Crippen molar-refractivity contribution in [3.63, 3.8) is 0 Å². The van der Waals surface area contributed by atoms with Crippen LogP contribution in [0.2, 0.25) is 0 Å². The molecule has 0 heterocycles. The van der Waals surface area contributed by atoms with Gasteiger partial charge in [0, 0.05) is 0 Å². The molecule has 0 unspecified atom stereocenters. The summed E-state index contributed by atoms with van der Waals surface area (Å²) in [5.74, 6) is -4.49. The molecule has 13 nitrogen and oxygen atoms in total. The van der Waals surface area contributed by atoms with Gasteiger partial charge in [-0.1, -0.05) is 20.3 Å². The van der Waals surface area contributed by atoms with Crippen LogP contribution in [0.1, 0.15) is 40.0 Å². The van der Waals surface area contributed by atoms with E-state index in [-0.39, 0.29) is 0 Å². The molecule has 0 spiro atoms. The van der Waals surface area contributed by atoms with Gasteiger partial charge in [0.05, 0.1) is 12.6 Å². The van der Waals surface area contributed by atoms with Crippen LogP contribution in [0.15, 0.2) is 0 Å². The van der Waals surface area contributed by atoms with Crippen LogP contribution < -0.4 is 32.7 Å². The van der Waals surface area contributed by atoms with Crippen molar-refractivity contribution < 1.29 is 34.2 Å². The van der Waals surface area contributed by atoms with E-state index in [0.29, 0.717) is 19.4 Å². The van der Waals surface area contributed by atoms with E-state index in [2.05, 4.69) is 21.3 Å². The van der Waals surface area contributed by atoms with Gasteiger partial charge < -0.3 is 42.9 Å². The predicted octanol–water partition coefficient (Wildman–Crippen LogP) is -3.23. The molecule has 0 saturated carbocycles. The van der Waals surface area contributed by atoms with Crippen LogP contribution in [0.5, 0.6) is 0 Å². The van der Waals surface area contributed by atoms with Crippen molar-refractivity contribution in [3.8, 4) is 0 Å². The minimum absolute atomic E-state index is 0.401. The molecule has 0 fully saturated rings. The Morgan fingerprint density at radius 1 is 0.875 bits per heavy atom. The van der Waals surface area contributed by atoms with Gasteiger partial charge in [-0.25, -0.2) is 0 Å². The van der Waals surface area contributed by atoms with Crippen LogP contribution in [-0.2, 0) is 24.0 Å². The van der Waals surface area contributed by atoms with Gasteiger partial charge in [-0.05, 0) is 32.2 Å². The van der Waals surface area contributed by atoms with Crippen molar-refractivity contribution in [1.29, 1.82) is 0 Å². The molecule has 0 aliphatic rings. The number of nitrogens with one attached hydrogen (secondary N) is 4. The summed E-state index contributed by atoms with van der Waals surface area (Å²) in [4.78, 5) is 59.7. The van der Waals surface area contributed by atoms with E-state index in [1.807, 2.05) is 0 Å². The lowest BCUT2D eigenvalue weighted by atomic mass is 10.0. The second kappa shape index (κ2) is 15.1. The zero-order valence-corrected chi connectivity index (χ0v) is 18.7. The number of aliphatic hydroxyl groups excluding tert-OH is 1. The fourth-order valence-electron chi connectivity index (χ4n) is 2.58. The van der Waals surface area contributed by atoms with Crippen LogP contribution in [0, 0.1) is 5.92 Å². The fraction of sp³-hybridized carbons (Fsp3) is 0.737. The highest BCUT2D eigenvalue weighted by molar-refractivity contribution is 5.95. The normalized spacial score (nSPS) is 14.6. The standard InChI is InChI=1S/C19H36N6O7/c1-10(2)15(19(32)22-8-14(27)28)25-18(31)13(9-26)24-16(29)11(3)23-17(30)12(21)6-4-5-7-20/h10-13,15,26H,4-9,20-21H2,1-3H3,(H,22,32)(H,23,30)(H,24,29)(H,25,31)(H,27,28)/t11-,12-,13-,15-/m0/s1. The smallest absolute Gasteiger partial charge is 0.322 e. The summed E-state index contributed by atoms with van der Waals surface area (Å²) in [5, 5.41) is 27.5. The van der Waals surface area contributed by atoms with E-state index in [9.17, 15) is 29.1 Å². The fourth-order valence-corrected chi connectivity index (χ4v) is 2.58. The Morgan fingerprint density at radius 3 is 2.00 bits per heavy atom. The second-order valence-corrected chi connectivity index (χ2v) is 7.71. The zero-order chi connectivity index (χ0) is 24.8. The van der Waals surface area contributed by atoms with Gasteiger partial charge in [0.15, 0.2) is 0 Å². The van der Waals surface area contributed by atoms with Crippen molar-refractivity contribution in [2.45, 2.75) is 64.2 Å². The topological polar surface area (TPSA) is 226 Å². The highest BCUT2D eigenvalue weighted by atomic mass is 16.4. The number of unbranched alkanes of at least 4 members (excludes halogenated alkanes) is 1. The van der Waals surface area contributed by atoms with Crippen molar-refractivity contribution in [1.82, 2.24) is 21.3 Å². The molecule has 0 aromatic carbocycles. The molecule has 0 rings (SSSR count). The minimum atomic E-state index is -1.39. The number of hydrogen-bond donors (Lipinski definition) is 8. The predicted molar refractivity (Wildman–Crippen MR) is 115 cm³/mol. The maximum atomic E-state index is 12.5. The lowest BCUT2D eigenvalue weighted by molar-refractivity contribution is -0.139. The minimum Gasteiger partial charge on any atom is -0.480 e. The summed E-state index contributed by atoms with van der Waals surface area (Å²) in [5.41, 5.74) is 11.2. The van der Waals surface area contributed by atoms with Gasteiger partial charge in [0.1, 0.15) is 24.7 Å². The molecule has 0 aromatic heterocycles. The number of carbonyl (C=O) groups is 5. The molecule has 0 bridgehead atoms. The third-order valence-corrected chi connectivity index (χ3v) is 4.53. The molecule has 0 aliphatic carbocycles. The Morgan fingerprint density at radius 2 is 1.50 bits per heavy atom. The highest BCUT2D eigenvalue weighted by Gasteiger charge is 2.30. The maximum Gasteiger partial charge on any atom is 0.322 e. The Kier molecular flexibility index (Phi) is 13.8. The van der Waals surface area contributed by atoms with Gasteiger partial charge >= 0.3 is 5.97 Å². The van der Waals surface area contributed by atoms with E-state index in [1.165, 1.54) is 6.92 Å². The van der Waals surface area contributed by atoms with Crippen molar-refractivity contribution in [2.24, 2.45) is 17.4 Å². The molecule has 184 valence electrons. The number of aliphatic carboxylic acids is 1. The summed E-state index contributed by atoms with van der Waals surface area (Å²) in [6, 6.07) is -4.33. The molecule has 0 aromatic rings. The van der Waals surface area contributed by atoms with Crippen LogP contribution in [-0.4, -0.2) is 83.7 Å². The number of carbonyl (C=O) groups excluding carboxylic acids is 4. The molecule has 32 heavy (non-hydrogen) atoms. The van der Waals surface area contributed by atoms with Crippen LogP contribution in [0.4, 0.5) is 0 Å². The number of rotatable bonds is 15. The van der Waals surface area contributed by atoms with E-state index in [1.54, 1.807) is 13.8 Å². The Hall–Kier alpha value is -2.77. The summed E-state index contributed by atoms with van der Waals surface area (Å²) in [6.07, 6.45) is 1.78. The van der Waals surface area contributed by atoms with Crippen molar-refractivity contribution in [3.05, 3.63) is 0 Å². The van der Waals surface area contributed by atoms with E-state index in [0.717, 1.165) is 6.42 Å². The van der Waals surface area contributed by atoms with Crippen LogP contribution >= 0.6 is 0 Å². The number of aliphatic hydroxyl groups is 1. The maximum absolute atomic E-state index is 12.5. The lowest BCUT2D eigenvalue weighted by Crippen LogP contribution is -2.59. The zero-order valence-electron chi connectivity index (χ0n) is 18.7. The molecule has 13 heteroatoms. The summed E-state index contributed by atoms with van der Waals surface area (Å²) < 4.78 is 0. The van der Waals surface area contributed by atoms with Crippen LogP contribution in [0.25, 0.3) is 0 Å². The van der Waals surface area contributed by atoms with Gasteiger partial charge in [-0.2, -0.15) is 0 Å². The molecule has 0 saturated heterocycles. The Bertz CT molecular complexity index is 658. The highest BCUT2D eigenvalue weighted by Crippen LogP contribution is 2.03.